The summed E-state index contributed by atoms with van der Waals surface area (Å²) in [6.45, 7) is 2.60. The summed E-state index contributed by atoms with van der Waals surface area (Å²) in [7, 11) is 0. The number of carbonyl (C=O) groups is 2. The number of halogens is 1. The quantitative estimate of drug-likeness (QED) is 0.726. The molecule has 2 heterocycles. The van der Waals surface area contributed by atoms with Crippen molar-refractivity contribution in [3.8, 4) is 0 Å². The van der Waals surface area contributed by atoms with E-state index in [1.165, 1.54) is 12.8 Å². The number of amides is 2. The van der Waals surface area contributed by atoms with Crippen molar-refractivity contribution < 1.29 is 9.59 Å². The second kappa shape index (κ2) is 8.19. The lowest BCUT2D eigenvalue weighted by Crippen LogP contribution is -2.39. The lowest BCUT2D eigenvalue weighted by molar-refractivity contribution is -0.117. The molecule has 2 saturated heterocycles. The van der Waals surface area contributed by atoms with Gasteiger partial charge in [-0.25, -0.2) is 0 Å². The summed E-state index contributed by atoms with van der Waals surface area (Å²) >= 11 is 6.06. The molecule has 2 bridgehead atoms. The van der Waals surface area contributed by atoms with Gasteiger partial charge in [-0.05, 0) is 56.2 Å². The smallest absolute Gasteiger partial charge is 0.253 e. The minimum Gasteiger partial charge on any atom is -0.352 e. The number of rotatable bonds is 6. The Hall–Kier alpha value is -1.59. The summed E-state index contributed by atoms with van der Waals surface area (Å²) in [6.07, 6.45) is 5.92. The van der Waals surface area contributed by atoms with Gasteiger partial charge in [-0.15, -0.1) is 0 Å². The van der Waals surface area contributed by atoms with Crippen LogP contribution in [0.15, 0.2) is 18.2 Å². The number of fused-ring (bicyclic) bond motifs is 2. The molecule has 6 heteroatoms. The van der Waals surface area contributed by atoms with Crippen molar-refractivity contribution >= 4 is 29.1 Å². The Morgan fingerprint density at radius 2 is 1.96 bits per heavy atom. The average molecular weight is 364 g/mol. The normalized spacial score (nSPS) is 24.8. The molecule has 2 atom stereocenters. The summed E-state index contributed by atoms with van der Waals surface area (Å²) in [5.41, 5.74) is 0.944. The monoisotopic (exact) mass is 363 g/mol. The summed E-state index contributed by atoms with van der Waals surface area (Å²) in [4.78, 5) is 24.8. The zero-order valence-corrected chi connectivity index (χ0v) is 15.4. The summed E-state index contributed by atoms with van der Waals surface area (Å²) in [6, 6.07) is 6.11. The van der Waals surface area contributed by atoms with Gasteiger partial charge >= 0.3 is 0 Å². The van der Waals surface area contributed by atoms with Crippen molar-refractivity contribution in [1.82, 2.24) is 10.6 Å². The van der Waals surface area contributed by atoms with E-state index in [0.29, 0.717) is 47.2 Å². The molecule has 0 spiro atoms. The van der Waals surface area contributed by atoms with Gasteiger partial charge in [-0.2, -0.15) is 0 Å². The molecule has 2 aliphatic rings. The molecule has 0 aliphatic carbocycles. The fraction of sp³-hybridized carbons (Fsp3) is 0.579. The highest BCUT2D eigenvalue weighted by atomic mass is 35.5. The van der Waals surface area contributed by atoms with Crippen molar-refractivity contribution in [3.05, 3.63) is 28.8 Å². The molecule has 1 aromatic carbocycles. The van der Waals surface area contributed by atoms with Crippen LogP contribution in [0, 0.1) is 5.92 Å². The van der Waals surface area contributed by atoms with Crippen LogP contribution in [0.3, 0.4) is 0 Å². The number of piperidine rings is 1. The molecule has 2 amide bonds. The Kier molecular flexibility index (Phi) is 5.97. The molecule has 5 nitrogen and oxygen atoms in total. The van der Waals surface area contributed by atoms with E-state index in [0.717, 1.165) is 19.3 Å². The first-order chi connectivity index (χ1) is 12.0. The Balaban J connectivity index is 1.63. The number of benzene rings is 1. The third kappa shape index (κ3) is 4.73. The van der Waals surface area contributed by atoms with Gasteiger partial charge in [0.2, 0.25) is 5.91 Å². The van der Waals surface area contributed by atoms with Crippen LogP contribution in [0.25, 0.3) is 0 Å². The molecule has 3 N–H and O–H groups in total. The Labute approximate surface area is 153 Å². The fourth-order valence-corrected chi connectivity index (χ4v) is 4.13. The highest BCUT2D eigenvalue weighted by molar-refractivity contribution is 6.31. The van der Waals surface area contributed by atoms with E-state index in [4.69, 9.17) is 11.6 Å². The highest BCUT2D eigenvalue weighted by Gasteiger charge is 2.34. The van der Waals surface area contributed by atoms with E-state index in [1.807, 2.05) is 6.92 Å². The molecule has 3 rings (SSSR count). The van der Waals surface area contributed by atoms with Crippen LogP contribution < -0.4 is 16.0 Å². The molecule has 2 aliphatic heterocycles. The largest absolute Gasteiger partial charge is 0.352 e. The minimum absolute atomic E-state index is 0.0434. The van der Waals surface area contributed by atoms with E-state index in [9.17, 15) is 9.59 Å². The standard InChI is InChI=1S/C19H26ClN3O2/c1-2-7-21-19(25)16-6-3-13(20)11-17(16)23-18(24)10-12-8-14-4-5-15(9-12)22-14/h3,6,11-12,14-15,22H,2,4-5,7-10H2,1H3,(H,21,25)(H,23,24). The molecule has 1 aromatic rings. The van der Waals surface area contributed by atoms with Crippen LogP contribution in [-0.2, 0) is 4.79 Å². The zero-order chi connectivity index (χ0) is 17.8. The van der Waals surface area contributed by atoms with E-state index in [2.05, 4.69) is 16.0 Å². The first kappa shape index (κ1) is 18.2. The second-order valence-corrected chi connectivity index (χ2v) is 7.61. The van der Waals surface area contributed by atoms with Crippen molar-refractivity contribution in [3.63, 3.8) is 0 Å². The molecule has 2 unspecified atom stereocenters. The number of nitrogens with one attached hydrogen (secondary N) is 3. The molecule has 2 fully saturated rings. The Bertz CT molecular complexity index is 638. The van der Waals surface area contributed by atoms with Gasteiger partial charge in [0.25, 0.3) is 5.91 Å². The first-order valence-electron chi connectivity index (χ1n) is 9.18. The third-order valence-electron chi connectivity index (χ3n) is 5.08. The molecule has 0 radical (unpaired) electrons. The number of hydrogen-bond donors (Lipinski definition) is 3. The number of anilines is 1. The van der Waals surface area contributed by atoms with E-state index in [1.54, 1.807) is 18.2 Å². The van der Waals surface area contributed by atoms with Gasteiger partial charge < -0.3 is 16.0 Å². The molecule has 25 heavy (non-hydrogen) atoms. The molecule has 0 aromatic heterocycles. The molecule has 136 valence electrons. The average Bonchev–Trinajstić information content (AvgIpc) is 2.91. The predicted octanol–water partition coefficient (Wildman–Crippen LogP) is 3.34. The van der Waals surface area contributed by atoms with Crippen LogP contribution in [0.5, 0.6) is 0 Å². The lowest BCUT2D eigenvalue weighted by atomic mass is 9.89. The minimum atomic E-state index is -0.186. The maximum absolute atomic E-state index is 12.5. The van der Waals surface area contributed by atoms with Crippen LogP contribution in [0.2, 0.25) is 5.02 Å². The predicted molar refractivity (Wildman–Crippen MR) is 100.0 cm³/mol. The fourth-order valence-electron chi connectivity index (χ4n) is 3.96. The molecule has 0 saturated carbocycles. The van der Waals surface area contributed by atoms with Crippen LogP contribution in [-0.4, -0.2) is 30.4 Å². The van der Waals surface area contributed by atoms with Gasteiger partial charge in [-0.3, -0.25) is 9.59 Å². The van der Waals surface area contributed by atoms with Crippen molar-refractivity contribution in [1.29, 1.82) is 0 Å². The van der Waals surface area contributed by atoms with Gasteiger partial charge in [0.05, 0.1) is 11.3 Å². The third-order valence-corrected chi connectivity index (χ3v) is 5.32. The van der Waals surface area contributed by atoms with Gasteiger partial charge in [-0.1, -0.05) is 18.5 Å². The topological polar surface area (TPSA) is 70.2 Å². The van der Waals surface area contributed by atoms with Crippen molar-refractivity contribution in [2.45, 2.75) is 57.5 Å². The Morgan fingerprint density at radius 1 is 1.24 bits per heavy atom. The molecular weight excluding hydrogens is 338 g/mol. The summed E-state index contributed by atoms with van der Waals surface area (Å²) in [5, 5.41) is 9.84. The number of hydrogen-bond acceptors (Lipinski definition) is 3. The number of carbonyl (C=O) groups excluding carboxylic acids is 2. The van der Waals surface area contributed by atoms with Crippen LogP contribution in [0.4, 0.5) is 5.69 Å². The van der Waals surface area contributed by atoms with Gasteiger partial charge in [0.1, 0.15) is 0 Å². The zero-order valence-electron chi connectivity index (χ0n) is 14.6. The van der Waals surface area contributed by atoms with Gasteiger partial charge in [0, 0.05) is 30.1 Å². The van der Waals surface area contributed by atoms with E-state index >= 15 is 0 Å². The van der Waals surface area contributed by atoms with E-state index in [-0.39, 0.29) is 11.8 Å². The summed E-state index contributed by atoms with van der Waals surface area (Å²) in [5.74, 6) is 0.183. The highest BCUT2D eigenvalue weighted by Crippen LogP contribution is 2.33. The maximum Gasteiger partial charge on any atom is 0.253 e. The van der Waals surface area contributed by atoms with Crippen molar-refractivity contribution in [2.24, 2.45) is 5.92 Å². The lowest BCUT2D eigenvalue weighted by Gasteiger charge is -2.28. The van der Waals surface area contributed by atoms with E-state index < -0.39 is 0 Å². The Morgan fingerprint density at radius 3 is 2.64 bits per heavy atom. The SMILES string of the molecule is CCCNC(=O)c1ccc(Cl)cc1NC(=O)CC1CC2CCC(C1)N2. The van der Waals surface area contributed by atoms with Crippen LogP contribution in [0.1, 0.15) is 55.8 Å². The maximum atomic E-state index is 12.5. The summed E-state index contributed by atoms with van der Waals surface area (Å²) < 4.78 is 0. The first-order valence-corrected chi connectivity index (χ1v) is 9.56. The van der Waals surface area contributed by atoms with Crippen LogP contribution >= 0.6 is 11.6 Å². The van der Waals surface area contributed by atoms with Crippen molar-refractivity contribution in [2.75, 3.05) is 11.9 Å². The van der Waals surface area contributed by atoms with Gasteiger partial charge in [0.15, 0.2) is 0 Å². The second-order valence-electron chi connectivity index (χ2n) is 7.17. The molecular formula is C19H26ClN3O2.